The largest absolute Gasteiger partial charge is 0.482 e. The monoisotopic (exact) mass is 381 g/mol. The van der Waals surface area contributed by atoms with Crippen LogP contribution in [0.15, 0.2) is 42.0 Å². The van der Waals surface area contributed by atoms with Crippen LogP contribution in [0.3, 0.4) is 0 Å². The fourth-order valence-electron chi connectivity index (χ4n) is 6.26. The lowest BCUT2D eigenvalue weighted by molar-refractivity contribution is -0.942. The van der Waals surface area contributed by atoms with Gasteiger partial charge in [0.1, 0.15) is 23.1 Å². The van der Waals surface area contributed by atoms with E-state index in [9.17, 15) is 9.90 Å². The van der Waals surface area contributed by atoms with Crippen LogP contribution >= 0.6 is 0 Å². The van der Waals surface area contributed by atoms with E-state index in [1.54, 1.807) is 12.1 Å². The lowest BCUT2D eigenvalue weighted by Gasteiger charge is -2.63. The molecule has 7 heteroatoms. The number of rotatable bonds is 3. The number of nitrogens with two attached hydrogens (primary N) is 2. The Balaban J connectivity index is 1.85. The number of ether oxygens (including phenoxy) is 1. The molecule has 1 aromatic rings. The van der Waals surface area contributed by atoms with Crippen LogP contribution < -0.4 is 16.3 Å². The molecule has 1 amide bonds. The lowest BCUT2D eigenvalue weighted by atomic mass is 9.50. The Hall–Kier alpha value is -2.64. The van der Waals surface area contributed by atoms with Crippen LogP contribution in [0.5, 0.6) is 5.75 Å². The number of quaternary nitrogens is 1. The predicted molar refractivity (Wildman–Crippen MR) is 105 cm³/mol. The summed E-state index contributed by atoms with van der Waals surface area (Å²) in [6.07, 6.45) is 6.35. The maximum absolute atomic E-state index is 12.2. The van der Waals surface area contributed by atoms with Gasteiger partial charge in [0.25, 0.3) is 5.91 Å². The van der Waals surface area contributed by atoms with E-state index < -0.39 is 23.0 Å². The standard InChI is InChI=1S/C21H24N4O3/c1-3-9-25(2)10-8-20-16-12-4-5-13(19(22)26)17(16)28-18(20)14(24-23)6-7-21(20,27)15(25)11-12/h3-7,15,18,27H,1,8-11,23H2,2H3,(H-,22,26)/p+1/b24-14+/t15-,18?,20+,21-,25?/m1/s1. The second-order valence-electron chi connectivity index (χ2n) is 8.67. The third-order valence-corrected chi connectivity index (χ3v) is 7.52. The van der Waals surface area contributed by atoms with Crippen LogP contribution in [0.4, 0.5) is 0 Å². The number of amides is 1. The van der Waals surface area contributed by atoms with Gasteiger partial charge in [-0.25, -0.2) is 0 Å². The molecule has 2 unspecified atom stereocenters. The molecule has 0 radical (unpaired) electrons. The van der Waals surface area contributed by atoms with Gasteiger partial charge >= 0.3 is 0 Å². The Morgan fingerprint density at radius 1 is 1.54 bits per heavy atom. The zero-order chi connectivity index (χ0) is 19.9. The topological polar surface area (TPSA) is 111 Å². The molecule has 2 bridgehead atoms. The van der Waals surface area contributed by atoms with Crippen molar-refractivity contribution < 1.29 is 19.1 Å². The first-order valence-electron chi connectivity index (χ1n) is 9.60. The van der Waals surface area contributed by atoms with Crippen molar-refractivity contribution in [1.29, 1.82) is 0 Å². The molecule has 7 nitrogen and oxygen atoms in total. The first kappa shape index (κ1) is 17.5. The summed E-state index contributed by atoms with van der Waals surface area (Å²) in [5, 5.41) is 16.1. The zero-order valence-corrected chi connectivity index (χ0v) is 15.9. The summed E-state index contributed by atoms with van der Waals surface area (Å²) < 4.78 is 7.01. The van der Waals surface area contributed by atoms with E-state index in [4.69, 9.17) is 16.3 Å². The number of likely N-dealkylation sites (N-methyl/N-ethyl adjacent to an activating group) is 1. The molecule has 2 aliphatic carbocycles. The van der Waals surface area contributed by atoms with Gasteiger partial charge in [-0.3, -0.25) is 4.79 Å². The summed E-state index contributed by atoms with van der Waals surface area (Å²) >= 11 is 0. The van der Waals surface area contributed by atoms with Crippen LogP contribution in [-0.4, -0.2) is 59.1 Å². The highest BCUT2D eigenvalue weighted by Crippen LogP contribution is 2.63. The summed E-state index contributed by atoms with van der Waals surface area (Å²) in [4.78, 5) is 12.1. The number of aliphatic hydroxyl groups is 1. The second-order valence-corrected chi connectivity index (χ2v) is 8.67. The van der Waals surface area contributed by atoms with E-state index in [1.807, 2.05) is 18.2 Å². The van der Waals surface area contributed by atoms with Crippen molar-refractivity contribution >= 4 is 11.6 Å². The first-order chi connectivity index (χ1) is 13.3. The van der Waals surface area contributed by atoms with E-state index >= 15 is 0 Å². The number of primary amides is 1. The fraction of sp³-hybridized carbons (Fsp3) is 0.429. The van der Waals surface area contributed by atoms with Gasteiger partial charge in [0.05, 0.1) is 31.1 Å². The molecule has 5 rings (SSSR count). The van der Waals surface area contributed by atoms with Gasteiger partial charge in [-0.15, -0.1) is 0 Å². The lowest BCUT2D eigenvalue weighted by Crippen LogP contribution is -2.79. The highest BCUT2D eigenvalue weighted by atomic mass is 16.5. The number of nitrogens with zero attached hydrogens (tertiary/aromatic N) is 2. The molecular weight excluding hydrogens is 356 g/mol. The number of piperidine rings is 1. The number of likely N-dealkylation sites (tertiary alicyclic amines) is 1. The molecule has 1 fully saturated rings. The minimum atomic E-state index is -1.14. The molecule has 146 valence electrons. The molecule has 5 atom stereocenters. The Morgan fingerprint density at radius 3 is 3.00 bits per heavy atom. The summed E-state index contributed by atoms with van der Waals surface area (Å²) in [6, 6.07) is 3.62. The van der Waals surface area contributed by atoms with Crippen LogP contribution in [0.1, 0.15) is 27.9 Å². The third kappa shape index (κ3) is 1.72. The van der Waals surface area contributed by atoms with Crippen molar-refractivity contribution in [3.8, 4) is 5.75 Å². The van der Waals surface area contributed by atoms with E-state index in [0.29, 0.717) is 34.3 Å². The molecule has 2 heterocycles. The summed E-state index contributed by atoms with van der Waals surface area (Å²) in [5.41, 5.74) is 6.67. The van der Waals surface area contributed by atoms with E-state index in [-0.39, 0.29) is 6.04 Å². The SMILES string of the molecule is C=CC[N+]1(C)CC[C@]23c4c5ccc(C(N)=O)c4OC2/C(=N/N)C=C[C@@]3(O)[C@H]1C5. The van der Waals surface area contributed by atoms with Gasteiger partial charge in [0.15, 0.2) is 6.10 Å². The molecule has 0 aromatic heterocycles. The number of benzene rings is 1. The number of carbonyl (C=O) groups excluding carboxylic acids is 1. The van der Waals surface area contributed by atoms with E-state index in [0.717, 1.165) is 24.2 Å². The van der Waals surface area contributed by atoms with Crippen LogP contribution in [0.2, 0.25) is 0 Å². The average Bonchev–Trinajstić information content (AvgIpc) is 3.00. The average molecular weight is 381 g/mol. The van der Waals surface area contributed by atoms with Crippen molar-refractivity contribution in [1.82, 2.24) is 0 Å². The van der Waals surface area contributed by atoms with Gasteiger partial charge in [-0.05, 0) is 29.9 Å². The fourth-order valence-corrected chi connectivity index (χ4v) is 6.26. The molecule has 4 aliphatic rings. The molecule has 1 saturated heterocycles. The highest BCUT2D eigenvalue weighted by Gasteiger charge is 2.74. The minimum absolute atomic E-state index is 0.0706. The second kappa shape index (κ2) is 5.24. The van der Waals surface area contributed by atoms with Gasteiger partial charge in [-0.1, -0.05) is 12.6 Å². The number of hydrogen-bond acceptors (Lipinski definition) is 5. The molecule has 5 N–H and O–H groups in total. The number of hydrazone groups is 1. The minimum Gasteiger partial charge on any atom is -0.482 e. The van der Waals surface area contributed by atoms with E-state index in [2.05, 4.69) is 18.7 Å². The van der Waals surface area contributed by atoms with Crippen LogP contribution in [0.25, 0.3) is 0 Å². The quantitative estimate of drug-likeness (QED) is 0.304. The number of hydrogen-bond donors (Lipinski definition) is 3. The summed E-state index contributed by atoms with van der Waals surface area (Å²) in [6.45, 7) is 5.55. The van der Waals surface area contributed by atoms with Crippen molar-refractivity contribution in [2.24, 2.45) is 16.7 Å². The maximum atomic E-state index is 12.2. The van der Waals surface area contributed by atoms with Gasteiger partial charge < -0.3 is 25.9 Å². The molecule has 1 aromatic carbocycles. The first-order valence-corrected chi connectivity index (χ1v) is 9.60. The Kier molecular flexibility index (Phi) is 3.27. The van der Waals surface area contributed by atoms with Crippen molar-refractivity contribution in [3.05, 3.63) is 53.6 Å². The highest BCUT2D eigenvalue weighted by molar-refractivity contribution is 6.04. The zero-order valence-electron chi connectivity index (χ0n) is 15.9. The Morgan fingerprint density at radius 2 is 2.32 bits per heavy atom. The van der Waals surface area contributed by atoms with Crippen LogP contribution in [0, 0.1) is 0 Å². The normalized spacial score (nSPS) is 40.7. The van der Waals surface area contributed by atoms with Crippen molar-refractivity contribution in [2.45, 2.75) is 36.0 Å². The third-order valence-electron chi connectivity index (χ3n) is 7.52. The van der Waals surface area contributed by atoms with Gasteiger partial charge in [-0.2, -0.15) is 5.10 Å². The van der Waals surface area contributed by atoms with E-state index in [1.165, 1.54) is 0 Å². The number of carbonyl (C=O) groups is 1. The van der Waals surface area contributed by atoms with Crippen LogP contribution in [-0.2, 0) is 11.8 Å². The van der Waals surface area contributed by atoms with Gasteiger partial charge in [0.2, 0.25) is 0 Å². The van der Waals surface area contributed by atoms with Crippen molar-refractivity contribution in [2.75, 3.05) is 20.1 Å². The maximum Gasteiger partial charge on any atom is 0.252 e. The molecule has 0 saturated carbocycles. The van der Waals surface area contributed by atoms with Gasteiger partial charge in [0, 0.05) is 18.4 Å². The molecular formula is C21H25N4O3+. The summed E-state index contributed by atoms with van der Waals surface area (Å²) in [5.74, 6) is 5.61. The van der Waals surface area contributed by atoms with Crippen molar-refractivity contribution in [3.63, 3.8) is 0 Å². The Bertz CT molecular complexity index is 986. The molecule has 2 aliphatic heterocycles. The molecule has 28 heavy (non-hydrogen) atoms. The smallest absolute Gasteiger partial charge is 0.252 e. The Labute approximate surface area is 163 Å². The molecule has 1 spiro atoms. The predicted octanol–water partition coefficient (Wildman–Crippen LogP) is 0.361. The summed E-state index contributed by atoms with van der Waals surface area (Å²) in [7, 11) is 2.17.